The summed E-state index contributed by atoms with van der Waals surface area (Å²) in [6.07, 6.45) is 0.278. The monoisotopic (exact) mass is 216 g/mol. The van der Waals surface area contributed by atoms with E-state index in [1.54, 1.807) is 0 Å². The number of hydrogen-bond donors (Lipinski definition) is 1. The van der Waals surface area contributed by atoms with E-state index in [-0.39, 0.29) is 23.1 Å². The average Bonchev–Trinajstić information content (AvgIpc) is 2.27. The van der Waals surface area contributed by atoms with Crippen LogP contribution in [0, 0.1) is 33.3 Å². The highest BCUT2D eigenvalue weighted by atomic mass is 16.6. The van der Waals surface area contributed by atoms with E-state index in [4.69, 9.17) is 5.26 Å². The Morgan fingerprint density at radius 2 is 2.19 bits per heavy atom. The number of phenols is 1. The number of carbonyl (C=O) groups is 1. The first-order valence-electron chi connectivity index (χ1n) is 3.97. The van der Waals surface area contributed by atoms with Gasteiger partial charge in [-0.1, -0.05) is 0 Å². The zero-order valence-corrected chi connectivity index (χ0v) is 7.80. The van der Waals surface area contributed by atoms with Crippen molar-refractivity contribution in [1.29, 1.82) is 5.26 Å². The molecule has 0 spiro atoms. The molecule has 0 saturated carbocycles. The maximum Gasteiger partial charge on any atom is 0.271 e. The van der Waals surface area contributed by atoms with Gasteiger partial charge in [0, 0.05) is 18.1 Å². The number of rotatable bonds is 2. The molecular formula is C10H4N2O4. The van der Waals surface area contributed by atoms with Crippen LogP contribution in [-0.2, 0) is 0 Å². The van der Waals surface area contributed by atoms with Gasteiger partial charge in [0.2, 0.25) is 0 Å². The molecule has 0 fully saturated rings. The number of nitrogens with zero attached hydrogens (tertiary/aromatic N) is 2. The van der Waals surface area contributed by atoms with Crippen LogP contribution in [0.2, 0.25) is 0 Å². The van der Waals surface area contributed by atoms with Crippen molar-refractivity contribution in [3.8, 4) is 23.7 Å². The van der Waals surface area contributed by atoms with E-state index in [0.29, 0.717) is 0 Å². The largest absolute Gasteiger partial charge is 0.506 e. The molecule has 1 N–H and O–H groups in total. The summed E-state index contributed by atoms with van der Waals surface area (Å²) in [5.41, 5.74) is -0.739. The number of nitro benzene ring substituents is 1. The maximum atomic E-state index is 10.5. The number of hydrogen-bond acceptors (Lipinski definition) is 5. The van der Waals surface area contributed by atoms with Crippen LogP contribution >= 0.6 is 0 Å². The Bertz CT molecular complexity index is 561. The molecular weight excluding hydrogens is 212 g/mol. The molecule has 0 atom stereocenters. The second kappa shape index (κ2) is 4.58. The van der Waals surface area contributed by atoms with E-state index < -0.39 is 10.7 Å². The lowest BCUT2D eigenvalue weighted by atomic mass is 10.1. The molecule has 0 heterocycles. The fraction of sp³-hybridized carbons (Fsp3) is 0. The summed E-state index contributed by atoms with van der Waals surface area (Å²) >= 11 is 0. The Hall–Kier alpha value is -2.86. The van der Waals surface area contributed by atoms with Gasteiger partial charge in [-0.2, -0.15) is 5.26 Å². The number of non-ortho nitro benzene ring substituents is 1. The van der Waals surface area contributed by atoms with Gasteiger partial charge in [-0.05, 0) is 5.92 Å². The second-order valence-corrected chi connectivity index (χ2v) is 2.67. The van der Waals surface area contributed by atoms with E-state index in [0.717, 1.165) is 12.1 Å². The predicted molar refractivity (Wildman–Crippen MR) is 52.6 cm³/mol. The lowest BCUT2D eigenvalue weighted by Crippen LogP contribution is -1.93. The number of aromatic hydroxyl groups is 1. The third kappa shape index (κ3) is 2.14. The lowest BCUT2D eigenvalue weighted by Gasteiger charge is -2.00. The topological polar surface area (TPSA) is 104 Å². The van der Waals surface area contributed by atoms with Crippen molar-refractivity contribution >= 4 is 12.0 Å². The maximum absolute atomic E-state index is 10.5. The second-order valence-electron chi connectivity index (χ2n) is 2.67. The van der Waals surface area contributed by atoms with Crippen molar-refractivity contribution < 1.29 is 14.8 Å². The van der Waals surface area contributed by atoms with Crippen molar-refractivity contribution in [3.63, 3.8) is 0 Å². The van der Waals surface area contributed by atoms with Crippen molar-refractivity contribution in [1.82, 2.24) is 0 Å². The molecule has 78 valence electrons. The van der Waals surface area contributed by atoms with Crippen molar-refractivity contribution in [3.05, 3.63) is 33.4 Å². The number of phenolic OH excluding ortho intramolecular Hbond substituents is 1. The van der Waals surface area contributed by atoms with E-state index in [2.05, 4.69) is 5.92 Å². The Balaban J connectivity index is 3.48. The third-order valence-corrected chi connectivity index (χ3v) is 1.72. The van der Waals surface area contributed by atoms with Crippen LogP contribution in [0.3, 0.4) is 0 Å². The highest BCUT2D eigenvalue weighted by molar-refractivity contribution is 5.82. The fourth-order valence-electron chi connectivity index (χ4n) is 1.03. The molecule has 1 aromatic rings. The summed E-state index contributed by atoms with van der Waals surface area (Å²) in [6.45, 7) is 0. The molecule has 6 nitrogen and oxygen atoms in total. The van der Waals surface area contributed by atoms with Crippen LogP contribution < -0.4 is 0 Å². The molecule has 0 aliphatic heterocycles. The zero-order valence-electron chi connectivity index (χ0n) is 7.80. The summed E-state index contributed by atoms with van der Waals surface area (Å²) in [6, 6.07) is 3.42. The van der Waals surface area contributed by atoms with Crippen LogP contribution in [0.25, 0.3) is 0 Å². The first-order chi connectivity index (χ1) is 7.60. The first kappa shape index (κ1) is 11.2. The van der Waals surface area contributed by atoms with Gasteiger partial charge in [0.05, 0.1) is 16.1 Å². The summed E-state index contributed by atoms with van der Waals surface area (Å²) < 4.78 is 0. The SMILES string of the molecule is N#CC#Cc1cc([N+](=O)[O-])cc(C=O)c1O. The normalized spacial score (nSPS) is 8.44. The molecule has 0 saturated heterocycles. The molecule has 0 aliphatic carbocycles. The van der Waals surface area contributed by atoms with Crippen molar-refractivity contribution in [2.75, 3.05) is 0 Å². The van der Waals surface area contributed by atoms with Gasteiger partial charge in [0.1, 0.15) is 5.75 Å². The Labute approximate surface area is 89.9 Å². The van der Waals surface area contributed by atoms with Crippen LogP contribution in [0.1, 0.15) is 15.9 Å². The number of carbonyl (C=O) groups excluding carboxylic acids is 1. The van der Waals surface area contributed by atoms with E-state index in [9.17, 15) is 20.0 Å². The lowest BCUT2D eigenvalue weighted by molar-refractivity contribution is -0.384. The summed E-state index contributed by atoms with van der Waals surface area (Å²) in [5, 5.41) is 28.2. The third-order valence-electron chi connectivity index (χ3n) is 1.72. The Morgan fingerprint density at radius 1 is 1.50 bits per heavy atom. The molecule has 6 heteroatoms. The van der Waals surface area contributed by atoms with Gasteiger partial charge in [-0.3, -0.25) is 14.9 Å². The van der Waals surface area contributed by atoms with Gasteiger partial charge in [0.15, 0.2) is 12.4 Å². The predicted octanol–water partition coefficient (Wildman–Crippen LogP) is 0.988. The minimum Gasteiger partial charge on any atom is -0.506 e. The van der Waals surface area contributed by atoms with Gasteiger partial charge >= 0.3 is 0 Å². The number of nitriles is 1. The van der Waals surface area contributed by atoms with Gasteiger partial charge in [0.25, 0.3) is 5.69 Å². The molecule has 0 aliphatic rings. The summed E-state index contributed by atoms with van der Waals surface area (Å²) in [4.78, 5) is 20.3. The Kier molecular flexibility index (Phi) is 3.21. The molecule has 0 bridgehead atoms. The highest BCUT2D eigenvalue weighted by Crippen LogP contribution is 2.26. The van der Waals surface area contributed by atoms with E-state index in [1.807, 2.05) is 5.92 Å². The van der Waals surface area contributed by atoms with E-state index in [1.165, 1.54) is 6.07 Å². The number of benzene rings is 1. The number of nitro groups is 1. The molecule has 0 aromatic heterocycles. The minimum absolute atomic E-state index is 0.127. The quantitative estimate of drug-likeness (QED) is 0.343. The summed E-state index contributed by atoms with van der Waals surface area (Å²) in [7, 11) is 0. The minimum atomic E-state index is -0.718. The Morgan fingerprint density at radius 3 is 2.69 bits per heavy atom. The summed E-state index contributed by atoms with van der Waals surface area (Å²) in [5.74, 6) is 3.72. The van der Waals surface area contributed by atoms with Crippen molar-refractivity contribution in [2.45, 2.75) is 0 Å². The fourth-order valence-corrected chi connectivity index (χ4v) is 1.03. The first-order valence-corrected chi connectivity index (χ1v) is 3.97. The van der Waals surface area contributed by atoms with Crippen LogP contribution in [0.15, 0.2) is 12.1 Å². The zero-order chi connectivity index (χ0) is 12.1. The molecule has 0 unspecified atom stereocenters. The molecule has 1 rings (SSSR count). The smallest absolute Gasteiger partial charge is 0.271 e. The molecule has 0 radical (unpaired) electrons. The highest BCUT2D eigenvalue weighted by Gasteiger charge is 2.14. The standard InChI is InChI=1S/C10H4N2O4/c11-3-1-2-7-4-9(12(15)16)5-8(6-13)10(7)14/h4-6,14H. The number of aldehydes is 1. The van der Waals surface area contributed by atoms with Crippen molar-refractivity contribution in [2.24, 2.45) is 0 Å². The van der Waals surface area contributed by atoms with E-state index >= 15 is 0 Å². The molecule has 1 aromatic carbocycles. The molecule has 0 amide bonds. The van der Waals surface area contributed by atoms with Gasteiger partial charge in [-0.25, -0.2) is 0 Å². The van der Waals surface area contributed by atoms with Crippen LogP contribution in [0.5, 0.6) is 5.75 Å². The molecule has 16 heavy (non-hydrogen) atoms. The average molecular weight is 216 g/mol. The van der Waals surface area contributed by atoms with Gasteiger partial charge < -0.3 is 5.11 Å². The van der Waals surface area contributed by atoms with Crippen LogP contribution in [0.4, 0.5) is 5.69 Å². The van der Waals surface area contributed by atoms with Gasteiger partial charge in [-0.15, -0.1) is 0 Å². The van der Waals surface area contributed by atoms with Crippen LogP contribution in [-0.4, -0.2) is 16.3 Å².